The first-order valence-corrected chi connectivity index (χ1v) is 7.77. The Morgan fingerprint density at radius 3 is 2.70 bits per heavy atom. The van der Waals surface area contributed by atoms with Crippen LogP contribution in [0.15, 0.2) is 46.0 Å². The van der Waals surface area contributed by atoms with Gasteiger partial charge in [-0.25, -0.2) is 8.42 Å². The summed E-state index contributed by atoms with van der Waals surface area (Å²) in [4.78, 5) is 3.88. The summed E-state index contributed by atoms with van der Waals surface area (Å²) in [5, 5.41) is 0. The molecule has 2 rings (SSSR count). The number of rotatable bonds is 4. The van der Waals surface area contributed by atoms with Crippen LogP contribution in [0.3, 0.4) is 0 Å². The van der Waals surface area contributed by atoms with Gasteiger partial charge in [0.2, 0.25) is 0 Å². The minimum atomic E-state index is -3.74. The lowest BCUT2D eigenvalue weighted by atomic mass is 10.2. The molecule has 0 fully saturated rings. The number of benzene rings is 1. The molecule has 0 aliphatic rings. The van der Waals surface area contributed by atoms with E-state index >= 15 is 0 Å². The highest BCUT2D eigenvalue weighted by atomic mass is 79.9. The average molecular weight is 358 g/mol. The van der Waals surface area contributed by atoms with Crippen LogP contribution in [0.4, 0.5) is 11.4 Å². The SMILES string of the molecule is COc1cc(N)ccc1NS(=O)(=O)c1cncc(Br)c1. The molecule has 0 saturated heterocycles. The lowest BCUT2D eigenvalue weighted by Gasteiger charge is -2.12. The number of nitrogens with zero attached hydrogens (tertiary/aromatic N) is 1. The lowest BCUT2D eigenvalue weighted by molar-refractivity contribution is 0.417. The molecule has 6 nitrogen and oxygen atoms in total. The van der Waals surface area contributed by atoms with Crippen LogP contribution in [0.25, 0.3) is 0 Å². The first kappa shape index (κ1) is 14.6. The molecule has 0 saturated carbocycles. The van der Waals surface area contributed by atoms with Crippen LogP contribution >= 0.6 is 15.9 Å². The van der Waals surface area contributed by atoms with E-state index in [4.69, 9.17) is 10.5 Å². The third kappa shape index (κ3) is 3.20. The van der Waals surface area contributed by atoms with E-state index in [1.807, 2.05) is 0 Å². The Bertz CT molecular complexity index is 734. The number of aromatic nitrogens is 1. The number of methoxy groups -OCH3 is 1. The van der Waals surface area contributed by atoms with Crippen molar-refractivity contribution in [2.75, 3.05) is 17.6 Å². The number of pyridine rings is 1. The molecule has 106 valence electrons. The van der Waals surface area contributed by atoms with Gasteiger partial charge in [0.1, 0.15) is 10.6 Å². The molecule has 8 heteroatoms. The molecule has 0 atom stereocenters. The van der Waals surface area contributed by atoms with Gasteiger partial charge in [-0.15, -0.1) is 0 Å². The average Bonchev–Trinajstić information content (AvgIpc) is 2.40. The van der Waals surface area contributed by atoms with E-state index < -0.39 is 10.0 Å². The van der Waals surface area contributed by atoms with E-state index in [1.165, 1.54) is 37.7 Å². The number of nitrogens with two attached hydrogens (primary N) is 1. The van der Waals surface area contributed by atoms with Crippen molar-refractivity contribution in [1.82, 2.24) is 4.98 Å². The molecular formula is C12H12BrN3O3S. The zero-order valence-corrected chi connectivity index (χ0v) is 12.9. The molecule has 1 aromatic heterocycles. The van der Waals surface area contributed by atoms with Crippen molar-refractivity contribution >= 4 is 37.3 Å². The van der Waals surface area contributed by atoms with Crippen molar-refractivity contribution in [3.63, 3.8) is 0 Å². The van der Waals surface area contributed by atoms with Crippen molar-refractivity contribution in [3.8, 4) is 5.75 Å². The summed E-state index contributed by atoms with van der Waals surface area (Å²) in [7, 11) is -2.31. The largest absolute Gasteiger partial charge is 0.494 e. The van der Waals surface area contributed by atoms with E-state index in [2.05, 4.69) is 25.6 Å². The van der Waals surface area contributed by atoms with Gasteiger partial charge in [0, 0.05) is 28.6 Å². The maximum Gasteiger partial charge on any atom is 0.263 e. The van der Waals surface area contributed by atoms with Crippen molar-refractivity contribution < 1.29 is 13.2 Å². The second kappa shape index (κ2) is 5.68. The van der Waals surface area contributed by atoms with Gasteiger partial charge in [0.15, 0.2) is 0 Å². The van der Waals surface area contributed by atoms with Crippen molar-refractivity contribution in [2.24, 2.45) is 0 Å². The molecule has 0 bridgehead atoms. The van der Waals surface area contributed by atoms with Gasteiger partial charge < -0.3 is 10.5 Å². The zero-order chi connectivity index (χ0) is 14.8. The molecule has 0 aliphatic heterocycles. The summed E-state index contributed by atoms with van der Waals surface area (Å²) in [6.45, 7) is 0. The summed E-state index contributed by atoms with van der Waals surface area (Å²) < 4.78 is 32.6. The number of hydrogen-bond acceptors (Lipinski definition) is 5. The Morgan fingerprint density at radius 2 is 2.05 bits per heavy atom. The summed E-state index contributed by atoms with van der Waals surface area (Å²) in [5.74, 6) is 0.344. The van der Waals surface area contributed by atoms with Crippen LogP contribution in [-0.2, 0) is 10.0 Å². The fourth-order valence-electron chi connectivity index (χ4n) is 1.54. The van der Waals surface area contributed by atoms with Gasteiger partial charge in [-0.05, 0) is 34.1 Å². The smallest absolute Gasteiger partial charge is 0.263 e. The maximum absolute atomic E-state index is 12.2. The van der Waals surface area contributed by atoms with Crippen LogP contribution in [0.2, 0.25) is 0 Å². The van der Waals surface area contributed by atoms with Gasteiger partial charge in [-0.1, -0.05) is 0 Å². The number of hydrogen-bond donors (Lipinski definition) is 2. The van der Waals surface area contributed by atoms with Gasteiger partial charge in [0.25, 0.3) is 10.0 Å². The highest BCUT2D eigenvalue weighted by Gasteiger charge is 2.17. The van der Waals surface area contributed by atoms with E-state index in [0.717, 1.165) is 0 Å². The standard InChI is InChI=1S/C12H12BrN3O3S/c1-19-12-5-9(14)2-3-11(12)16-20(17,18)10-4-8(13)6-15-7-10/h2-7,16H,14H2,1H3. The van der Waals surface area contributed by atoms with E-state index in [-0.39, 0.29) is 4.90 Å². The van der Waals surface area contributed by atoms with Crippen LogP contribution in [-0.4, -0.2) is 20.5 Å². The summed E-state index contributed by atoms with van der Waals surface area (Å²) in [5.41, 5.74) is 6.41. The molecule has 2 aromatic rings. The quantitative estimate of drug-likeness (QED) is 0.818. The van der Waals surface area contributed by atoms with Crippen LogP contribution < -0.4 is 15.2 Å². The van der Waals surface area contributed by atoms with Crippen LogP contribution in [0, 0.1) is 0 Å². The normalized spacial score (nSPS) is 11.1. The minimum absolute atomic E-state index is 0.0470. The third-order valence-corrected chi connectivity index (χ3v) is 4.23. The molecule has 3 N–H and O–H groups in total. The van der Waals surface area contributed by atoms with Gasteiger partial charge in [-0.2, -0.15) is 0 Å². The van der Waals surface area contributed by atoms with Crippen LogP contribution in [0.1, 0.15) is 0 Å². The van der Waals surface area contributed by atoms with E-state index in [0.29, 0.717) is 21.6 Å². The molecule has 1 heterocycles. The molecule has 0 spiro atoms. The topological polar surface area (TPSA) is 94.3 Å². The van der Waals surface area contributed by atoms with E-state index in [9.17, 15) is 8.42 Å². The predicted molar refractivity (Wildman–Crippen MR) is 80.2 cm³/mol. The molecule has 0 amide bonds. The second-order valence-corrected chi connectivity index (χ2v) is 6.50. The van der Waals surface area contributed by atoms with Gasteiger partial charge in [0.05, 0.1) is 12.8 Å². The molecule has 0 radical (unpaired) electrons. The molecule has 1 aromatic carbocycles. The molecule has 20 heavy (non-hydrogen) atoms. The van der Waals surface area contributed by atoms with Crippen molar-refractivity contribution in [3.05, 3.63) is 41.1 Å². The fraction of sp³-hybridized carbons (Fsp3) is 0.0833. The fourth-order valence-corrected chi connectivity index (χ4v) is 3.11. The van der Waals surface area contributed by atoms with Crippen molar-refractivity contribution in [2.45, 2.75) is 4.90 Å². The first-order chi connectivity index (χ1) is 9.42. The Balaban J connectivity index is 2.38. The van der Waals surface area contributed by atoms with Gasteiger partial charge in [-0.3, -0.25) is 9.71 Å². The predicted octanol–water partition coefficient (Wildman–Crippen LogP) is 2.24. The summed E-state index contributed by atoms with van der Waals surface area (Å²) in [6, 6.07) is 6.12. The second-order valence-electron chi connectivity index (χ2n) is 3.90. The zero-order valence-electron chi connectivity index (χ0n) is 10.5. The Morgan fingerprint density at radius 1 is 1.30 bits per heavy atom. The Hall–Kier alpha value is -1.80. The number of ether oxygens (including phenoxy) is 1. The van der Waals surface area contributed by atoms with Crippen molar-refractivity contribution in [1.29, 1.82) is 0 Å². The van der Waals surface area contributed by atoms with Gasteiger partial charge >= 0.3 is 0 Å². The number of nitrogens with one attached hydrogen (secondary N) is 1. The lowest BCUT2D eigenvalue weighted by Crippen LogP contribution is -2.14. The first-order valence-electron chi connectivity index (χ1n) is 5.49. The maximum atomic E-state index is 12.2. The summed E-state index contributed by atoms with van der Waals surface area (Å²) >= 11 is 3.18. The highest BCUT2D eigenvalue weighted by Crippen LogP contribution is 2.29. The summed E-state index contributed by atoms with van der Waals surface area (Å²) in [6.07, 6.45) is 2.76. The Kier molecular flexibility index (Phi) is 4.15. The number of sulfonamides is 1. The molecular weight excluding hydrogens is 346 g/mol. The highest BCUT2D eigenvalue weighted by molar-refractivity contribution is 9.10. The number of halogens is 1. The monoisotopic (exact) mass is 357 g/mol. The van der Waals surface area contributed by atoms with Crippen LogP contribution in [0.5, 0.6) is 5.75 Å². The van der Waals surface area contributed by atoms with E-state index in [1.54, 1.807) is 6.07 Å². The molecule has 0 aliphatic carbocycles. The minimum Gasteiger partial charge on any atom is -0.494 e. The Labute approximate surface area is 125 Å². The third-order valence-electron chi connectivity index (χ3n) is 2.46. The number of anilines is 2. The molecule has 0 unspecified atom stereocenters. The number of nitrogen functional groups attached to an aromatic ring is 1.